The van der Waals surface area contributed by atoms with Crippen molar-refractivity contribution in [3.8, 4) is 34.0 Å². The summed E-state index contributed by atoms with van der Waals surface area (Å²) < 4.78 is 26.0. The monoisotopic (exact) mass is 618 g/mol. The molecule has 0 unspecified atom stereocenters. The van der Waals surface area contributed by atoms with Gasteiger partial charge in [0.1, 0.15) is 17.8 Å². The molecule has 0 spiro atoms. The van der Waals surface area contributed by atoms with Crippen molar-refractivity contribution < 1.29 is 23.2 Å². The van der Waals surface area contributed by atoms with E-state index >= 15 is 0 Å². The highest BCUT2D eigenvalue weighted by molar-refractivity contribution is 6.02. The SMILES string of the molecule is CN(C)C(=O)C1(C(=O)OCc2ccccc2)CCN(Cc2ccc(-c3noc(-c4ccc(-c5ccccc5)c(F)c4)n3)cc2)CC1. The Morgan fingerprint density at radius 1 is 0.848 bits per heavy atom. The highest BCUT2D eigenvalue weighted by Gasteiger charge is 2.50. The fraction of sp³-hybridized carbons (Fsp3) is 0.243. The Balaban J connectivity index is 1.08. The molecule has 0 radical (unpaired) electrons. The van der Waals surface area contributed by atoms with Crippen LogP contribution in [0.4, 0.5) is 4.39 Å². The zero-order valence-corrected chi connectivity index (χ0v) is 25.9. The van der Waals surface area contributed by atoms with E-state index in [-0.39, 0.29) is 24.2 Å². The number of ether oxygens (including phenoxy) is 1. The molecule has 5 aromatic rings. The first-order valence-electron chi connectivity index (χ1n) is 15.3. The minimum absolute atomic E-state index is 0.136. The smallest absolute Gasteiger partial charge is 0.322 e. The molecule has 0 N–H and O–H groups in total. The van der Waals surface area contributed by atoms with Gasteiger partial charge in [-0.05, 0) is 41.7 Å². The van der Waals surface area contributed by atoms with Gasteiger partial charge in [0, 0.05) is 50.4 Å². The average Bonchev–Trinajstić information content (AvgIpc) is 3.59. The first-order chi connectivity index (χ1) is 22.3. The lowest BCUT2D eigenvalue weighted by Gasteiger charge is -2.40. The van der Waals surface area contributed by atoms with E-state index in [0.717, 1.165) is 22.3 Å². The van der Waals surface area contributed by atoms with Gasteiger partial charge in [0.2, 0.25) is 11.7 Å². The zero-order valence-electron chi connectivity index (χ0n) is 25.9. The summed E-state index contributed by atoms with van der Waals surface area (Å²) in [6.07, 6.45) is 0.766. The maximum absolute atomic E-state index is 14.9. The summed E-state index contributed by atoms with van der Waals surface area (Å²) in [5.74, 6) is -0.396. The van der Waals surface area contributed by atoms with Crippen molar-refractivity contribution in [3.63, 3.8) is 0 Å². The number of nitrogens with zero attached hydrogens (tertiary/aromatic N) is 4. The summed E-state index contributed by atoms with van der Waals surface area (Å²) in [5, 5.41) is 4.12. The van der Waals surface area contributed by atoms with Crippen LogP contribution in [0.1, 0.15) is 24.0 Å². The third kappa shape index (κ3) is 6.60. The summed E-state index contributed by atoms with van der Waals surface area (Å²) in [6.45, 7) is 1.96. The van der Waals surface area contributed by atoms with Gasteiger partial charge < -0.3 is 14.2 Å². The van der Waals surface area contributed by atoms with Crippen molar-refractivity contribution in [2.75, 3.05) is 27.2 Å². The Hall–Kier alpha value is -5.15. The first kappa shape index (κ1) is 30.9. The lowest BCUT2D eigenvalue weighted by molar-refractivity contribution is -0.169. The number of halogens is 1. The lowest BCUT2D eigenvalue weighted by Crippen LogP contribution is -2.53. The standard InChI is InChI=1S/C37H35FN4O4/c1-41(2)35(43)37(36(44)45-25-27-9-5-3-6-10-27)19-21-42(22-20-37)24-26-13-15-29(16-14-26)33-39-34(46-40-33)30-17-18-31(32(38)23-30)28-11-7-4-8-12-28/h3-18,23H,19-22,24-25H2,1-2H3. The second kappa shape index (κ2) is 13.5. The number of hydrogen-bond donors (Lipinski definition) is 0. The number of benzene rings is 4. The Bertz CT molecular complexity index is 1800. The second-order valence-corrected chi connectivity index (χ2v) is 11.8. The van der Waals surface area contributed by atoms with E-state index in [9.17, 15) is 14.0 Å². The number of esters is 1. The summed E-state index contributed by atoms with van der Waals surface area (Å²) in [7, 11) is 3.35. The number of piperidine rings is 1. The summed E-state index contributed by atoms with van der Waals surface area (Å²) in [6, 6.07) is 31.6. The fourth-order valence-corrected chi connectivity index (χ4v) is 5.86. The van der Waals surface area contributed by atoms with E-state index in [4.69, 9.17) is 9.26 Å². The van der Waals surface area contributed by atoms with Crippen molar-refractivity contribution in [2.24, 2.45) is 5.41 Å². The number of hydrogen-bond acceptors (Lipinski definition) is 7. The van der Waals surface area contributed by atoms with Gasteiger partial charge in [0.05, 0.1) is 0 Å². The number of aromatic nitrogens is 2. The molecule has 8 nitrogen and oxygen atoms in total. The molecule has 2 heterocycles. The zero-order chi connectivity index (χ0) is 32.1. The summed E-state index contributed by atoms with van der Waals surface area (Å²) >= 11 is 0. The Morgan fingerprint density at radius 3 is 2.15 bits per heavy atom. The molecule has 234 valence electrons. The normalized spacial score (nSPS) is 14.5. The van der Waals surface area contributed by atoms with E-state index in [1.165, 1.54) is 11.0 Å². The second-order valence-electron chi connectivity index (χ2n) is 11.8. The molecule has 1 aliphatic heterocycles. The highest BCUT2D eigenvalue weighted by Crippen LogP contribution is 2.36. The molecule has 9 heteroatoms. The van der Waals surface area contributed by atoms with Gasteiger partial charge >= 0.3 is 5.97 Å². The largest absolute Gasteiger partial charge is 0.460 e. The molecule has 1 amide bonds. The molecule has 1 aliphatic rings. The molecule has 0 atom stereocenters. The van der Waals surface area contributed by atoms with Crippen LogP contribution in [0.3, 0.4) is 0 Å². The quantitative estimate of drug-likeness (QED) is 0.135. The Morgan fingerprint density at radius 2 is 1.50 bits per heavy atom. The minimum atomic E-state index is -1.19. The van der Waals surface area contributed by atoms with Gasteiger partial charge in [-0.1, -0.05) is 96.2 Å². The third-order valence-corrected chi connectivity index (χ3v) is 8.47. The van der Waals surface area contributed by atoms with Crippen LogP contribution in [0.15, 0.2) is 108 Å². The van der Waals surface area contributed by atoms with Crippen LogP contribution in [-0.4, -0.2) is 59.0 Å². The molecule has 0 bridgehead atoms. The van der Waals surface area contributed by atoms with Crippen molar-refractivity contribution in [1.82, 2.24) is 19.9 Å². The van der Waals surface area contributed by atoms with Crippen molar-refractivity contribution in [2.45, 2.75) is 26.0 Å². The molecule has 46 heavy (non-hydrogen) atoms. The van der Waals surface area contributed by atoms with Crippen LogP contribution in [0.5, 0.6) is 0 Å². The van der Waals surface area contributed by atoms with E-state index in [1.54, 1.807) is 26.2 Å². The third-order valence-electron chi connectivity index (χ3n) is 8.47. The van der Waals surface area contributed by atoms with E-state index in [1.807, 2.05) is 84.9 Å². The minimum Gasteiger partial charge on any atom is -0.460 e. The topological polar surface area (TPSA) is 88.8 Å². The van der Waals surface area contributed by atoms with Crippen LogP contribution in [-0.2, 0) is 27.5 Å². The molecule has 1 saturated heterocycles. The van der Waals surface area contributed by atoms with Crippen molar-refractivity contribution in [1.29, 1.82) is 0 Å². The van der Waals surface area contributed by atoms with E-state index in [2.05, 4.69) is 15.0 Å². The highest BCUT2D eigenvalue weighted by atomic mass is 19.1. The number of likely N-dealkylation sites (tertiary alicyclic amines) is 1. The lowest BCUT2D eigenvalue weighted by atomic mass is 9.77. The van der Waals surface area contributed by atoms with Gasteiger partial charge in [-0.2, -0.15) is 4.98 Å². The van der Waals surface area contributed by atoms with Crippen LogP contribution >= 0.6 is 0 Å². The van der Waals surface area contributed by atoms with Gasteiger partial charge in [-0.3, -0.25) is 14.5 Å². The van der Waals surface area contributed by atoms with Gasteiger partial charge in [-0.15, -0.1) is 0 Å². The fourth-order valence-electron chi connectivity index (χ4n) is 5.86. The molecule has 6 rings (SSSR count). The molecule has 4 aromatic carbocycles. The predicted molar refractivity (Wildman–Crippen MR) is 172 cm³/mol. The number of rotatable bonds is 9. The Kier molecular flexibility index (Phi) is 9.03. The molecule has 1 aromatic heterocycles. The average molecular weight is 619 g/mol. The van der Waals surface area contributed by atoms with Crippen molar-refractivity contribution in [3.05, 3.63) is 120 Å². The number of carbonyl (C=O) groups is 2. The van der Waals surface area contributed by atoms with Crippen LogP contribution in [0.25, 0.3) is 34.0 Å². The molecular weight excluding hydrogens is 583 g/mol. The number of carbonyl (C=O) groups excluding carboxylic acids is 2. The van der Waals surface area contributed by atoms with Crippen molar-refractivity contribution >= 4 is 11.9 Å². The van der Waals surface area contributed by atoms with Crippen LogP contribution in [0, 0.1) is 11.2 Å². The van der Waals surface area contributed by atoms with Crippen LogP contribution < -0.4 is 0 Å². The molecule has 0 saturated carbocycles. The molecule has 1 fully saturated rings. The molecular formula is C37H35FN4O4. The predicted octanol–water partition coefficient (Wildman–Crippen LogP) is 6.62. The summed E-state index contributed by atoms with van der Waals surface area (Å²) in [5.41, 5.74) is 3.34. The van der Waals surface area contributed by atoms with Crippen LogP contribution in [0.2, 0.25) is 0 Å². The first-order valence-corrected chi connectivity index (χ1v) is 15.3. The summed E-state index contributed by atoms with van der Waals surface area (Å²) in [4.78, 5) is 34.8. The van der Waals surface area contributed by atoms with Gasteiger partial charge in [0.15, 0.2) is 0 Å². The van der Waals surface area contributed by atoms with Gasteiger partial charge in [0.25, 0.3) is 5.89 Å². The van der Waals surface area contributed by atoms with E-state index in [0.29, 0.717) is 49.4 Å². The maximum atomic E-state index is 14.9. The van der Waals surface area contributed by atoms with E-state index < -0.39 is 11.4 Å². The molecule has 0 aliphatic carbocycles. The maximum Gasteiger partial charge on any atom is 0.322 e. The van der Waals surface area contributed by atoms with Gasteiger partial charge in [-0.25, -0.2) is 4.39 Å². The number of amides is 1. The Labute approximate surface area is 267 Å².